The van der Waals surface area contributed by atoms with Crippen LogP contribution in [0.4, 0.5) is 5.69 Å². The third kappa shape index (κ3) is 6.11. The molecule has 1 amide bonds. The number of nitrogens with one attached hydrogen (secondary N) is 1. The topological polar surface area (TPSA) is 69.7 Å². The zero-order valence-corrected chi connectivity index (χ0v) is 20.4. The normalized spacial score (nSPS) is 15.5. The summed E-state index contributed by atoms with van der Waals surface area (Å²) in [6.07, 6.45) is 4.04. The monoisotopic (exact) mass is 457 g/mol. The van der Waals surface area contributed by atoms with Gasteiger partial charge in [0, 0.05) is 13.1 Å². The Bertz CT molecular complexity index is 1050. The fourth-order valence-corrected chi connectivity index (χ4v) is 5.47. The van der Waals surface area contributed by atoms with Gasteiger partial charge in [-0.15, -0.1) is 0 Å². The molecule has 1 N–H and O–H groups in total. The number of hydrogen-bond donors (Lipinski definition) is 1. The first-order valence-corrected chi connectivity index (χ1v) is 13.2. The van der Waals surface area contributed by atoms with Crippen molar-refractivity contribution < 1.29 is 13.2 Å². The van der Waals surface area contributed by atoms with Crippen molar-refractivity contribution in [3.8, 4) is 0 Å². The highest BCUT2D eigenvalue weighted by molar-refractivity contribution is 7.92. The van der Waals surface area contributed by atoms with Gasteiger partial charge < -0.3 is 5.32 Å². The molecule has 1 aliphatic rings. The summed E-state index contributed by atoms with van der Waals surface area (Å²) in [5.74, 6) is -0.291. The third-order valence-electron chi connectivity index (χ3n) is 6.14. The maximum Gasteiger partial charge on any atom is 0.244 e. The van der Waals surface area contributed by atoms with E-state index < -0.39 is 16.1 Å². The minimum atomic E-state index is -3.64. The van der Waals surface area contributed by atoms with E-state index in [0.29, 0.717) is 18.7 Å². The van der Waals surface area contributed by atoms with E-state index in [0.717, 1.165) is 42.6 Å². The van der Waals surface area contributed by atoms with E-state index in [4.69, 9.17) is 0 Å². The van der Waals surface area contributed by atoms with Crippen LogP contribution in [0.2, 0.25) is 0 Å². The Balaban J connectivity index is 1.73. The Morgan fingerprint density at radius 3 is 2.38 bits per heavy atom. The minimum absolute atomic E-state index is 0.291. The van der Waals surface area contributed by atoms with Gasteiger partial charge in [-0.25, -0.2) is 8.42 Å². The summed E-state index contributed by atoms with van der Waals surface area (Å²) < 4.78 is 26.6. The molecule has 0 saturated carbocycles. The number of likely N-dealkylation sites (tertiary alicyclic amines) is 1. The molecular weight excluding hydrogens is 422 g/mol. The van der Waals surface area contributed by atoms with Gasteiger partial charge >= 0.3 is 0 Å². The Morgan fingerprint density at radius 1 is 1.06 bits per heavy atom. The van der Waals surface area contributed by atoms with Crippen LogP contribution in [0.15, 0.2) is 42.5 Å². The minimum Gasteiger partial charge on any atom is -0.350 e. The van der Waals surface area contributed by atoms with E-state index in [2.05, 4.69) is 22.3 Å². The fraction of sp³-hybridized carbons (Fsp3) is 0.480. The summed E-state index contributed by atoms with van der Waals surface area (Å²) in [7, 11) is -3.64. The van der Waals surface area contributed by atoms with Crippen LogP contribution in [0.25, 0.3) is 0 Å². The van der Waals surface area contributed by atoms with Crippen LogP contribution in [0.3, 0.4) is 0 Å². The highest BCUT2D eigenvalue weighted by atomic mass is 32.2. The van der Waals surface area contributed by atoms with Gasteiger partial charge in [-0.3, -0.25) is 14.0 Å². The van der Waals surface area contributed by atoms with Crippen LogP contribution < -0.4 is 9.62 Å². The van der Waals surface area contributed by atoms with Gasteiger partial charge in [0.2, 0.25) is 15.9 Å². The lowest BCUT2D eigenvalue weighted by Crippen LogP contribution is -2.49. The molecule has 1 saturated heterocycles. The van der Waals surface area contributed by atoms with Crippen molar-refractivity contribution in [1.29, 1.82) is 0 Å². The van der Waals surface area contributed by atoms with Gasteiger partial charge in [0.05, 0.1) is 11.9 Å². The molecule has 3 rings (SSSR count). The molecule has 1 fully saturated rings. The van der Waals surface area contributed by atoms with E-state index in [1.165, 1.54) is 22.7 Å². The second-order valence-electron chi connectivity index (χ2n) is 8.77. The summed E-state index contributed by atoms with van der Waals surface area (Å²) >= 11 is 0. The molecule has 1 unspecified atom stereocenters. The third-order valence-corrected chi connectivity index (χ3v) is 7.32. The number of aryl methyl sites for hydroxylation is 2. The van der Waals surface area contributed by atoms with Crippen LogP contribution in [-0.2, 0) is 27.9 Å². The Labute approximate surface area is 192 Å². The summed E-state index contributed by atoms with van der Waals surface area (Å²) in [6.45, 7) is 9.32. The van der Waals surface area contributed by atoms with Crippen LogP contribution >= 0.6 is 0 Å². The molecule has 1 atom stereocenters. The SMILES string of the molecule is CCC(C(=O)NCc1cccc(CN2CCCC2)c1)N(c1ccc(C)c(C)c1)S(C)(=O)=O. The molecule has 0 bridgehead atoms. The molecule has 0 aliphatic carbocycles. The van der Waals surface area contributed by atoms with Crippen LogP contribution in [0.5, 0.6) is 0 Å². The van der Waals surface area contributed by atoms with Crippen molar-refractivity contribution in [2.75, 3.05) is 23.7 Å². The maximum atomic E-state index is 13.1. The molecule has 32 heavy (non-hydrogen) atoms. The second kappa shape index (κ2) is 10.5. The summed E-state index contributed by atoms with van der Waals surface area (Å²) in [5, 5.41) is 2.96. The lowest BCUT2D eigenvalue weighted by Gasteiger charge is -2.30. The molecule has 7 heteroatoms. The average molecular weight is 458 g/mol. The quantitative estimate of drug-likeness (QED) is 0.623. The summed E-state index contributed by atoms with van der Waals surface area (Å²) in [4.78, 5) is 15.5. The predicted octanol–water partition coefficient (Wildman–Crippen LogP) is 3.76. The molecule has 0 radical (unpaired) electrons. The highest BCUT2D eigenvalue weighted by Gasteiger charge is 2.31. The smallest absolute Gasteiger partial charge is 0.244 e. The first-order valence-electron chi connectivity index (χ1n) is 11.3. The number of sulfonamides is 1. The number of amides is 1. The number of carbonyl (C=O) groups excluding carboxylic acids is 1. The fourth-order valence-electron chi connectivity index (χ4n) is 4.27. The summed E-state index contributed by atoms with van der Waals surface area (Å²) in [5.41, 5.74) is 4.83. The number of hydrogen-bond acceptors (Lipinski definition) is 4. The number of rotatable bonds is 9. The maximum absolute atomic E-state index is 13.1. The van der Waals surface area contributed by atoms with Crippen LogP contribution in [0, 0.1) is 13.8 Å². The molecule has 2 aromatic rings. The first kappa shape index (κ1) is 24.3. The predicted molar refractivity (Wildman–Crippen MR) is 130 cm³/mol. The average Bonchev–Trinajstić information content (AvgIpc) is 3.25. The molecule has 0 aromatic heterocycles. The number of carbonyl (C=O) groups is 1. The zero-order valence-electron chi connectivity index (χ0n) is 19.6. The van der Waals surface area contributed by atoms with Crippen molar-refractivity contribution in [1.82, 2.24) is 10.2 Å². The Morgan fingerprint density at radius 2 is 1.75 bits per heavy atom. The van der Waals surface area contributed by atoms with Gasteiger partial charge in [-0.1, -0.05) is 37.3 Å². The number of anilines is 1. The van der Waals surface area contributed by atoms with E-state index in [1.807, 2.05) is 45.0 Å². The van der Waals surface area contributed by atoms with Crippen molar-refractivity contribution in [3.63, 3.8) is 0 Å². The largest absolute Gasteiger partial charge is 0.350 e. The van der Waals surface area contributed by atoms with Crippen molar-refractivity contribution in [2.45, 2.75) is 59.2 Å². The molecular formula is C25H35N3O3S. The van der Waals surface area contributed by atoms with Gasteiger partial charge in [-0.05, 0) is 80.6 Å². The van der Waals surface area contributed by atoms with E-state index >= 15 is 0 Å². The lowest BCUT2D eigenvalue weighted by molar-refractivity contribution is -0.122. The Kier molecular flexibility index (Phi) is 7.96. The molecule has 2 aromatic carbocycles. The zero-order chi connectivity index (χ0) is 23.3. The second-order valence-corrected chi connectivity index (χ2v) is 10.6. The lowest BCUT2D eigenvalue weighted by atomic mass is 10.1. The van der Waals surface area contributed by atoms with Crippen LogP contribution in [-0.4, -0.2) is 44.6 Å². The van der Waals surface area contributed by atoms with E-state index in [1.54, 1.807) is 6.07 Å². The molecule has 0 spiro atoms. The highest BCUT2D eigenvalue weighted by Crippen LogP contribution is 2.25. The van der Waals surface area contributed by atoms with Crippen molar-refractivity contribution in [2.24, 2.45) is 0 Å². The van der Waals surface area contributed by atoms with Crippen LogP contribution in [0.1, 0.15) is 48.4 Å². The molecule has 174 valence electrons. The Hall–Kier alpha value is -2.38. The first-order chi connectivity index (χ1) is 15.2. The molecule has 6 nitrogen and oxygen atoms in total. The molecule has 1 aliphatic heterocycles. The van der Waals surface area contributed by atoms with Gasteiger partial charge in [0.25, 0.3) is 0 Å². The van der Waals surface area contributed by atoms with Gasteiger partial charge in [-0.2, -0.15) is 0 Å². The van der Waals surface area contributed by atoms with Crippen molar-refractivity contribution >= 4 is 21.6 Å². The van der Waals surface area contributed by atoms with Gasteiger partial charge in [0.15, 0.2) is 0 Å². The van der Waals surface area contributed by atoms with Gasteiger partial charge in [0.1, 0.15) is 6.04 Å². The number of nitrogens with zero attached hydrogens (tertiary/aromatic N) is 2. The standard InChI is InChI=1S/C25H35N3O3S/c1-5-24(28(32(4,30)31)23-12-11-19(2)20(3)15-23)25(29)26-17-21-9-8-10-22(16-21)18-27-13-6-7-14-27/h8-12,15-16,24H,5-7,13-14,17-18H2,1-4H3,(H,26,29). The number of benzene rings is 2. The van der Waals surface area contributed by atoms with Crippen molar-refractivity contribution in [3.05, 3.63) is 64.7 Å². The van der Waals surface area contributed by atoms with E-state index in [-0.39, 0.29) is 5.91 Å². The summed E-state index contributed by atoms with van der Waals surface area (Å²) in [6, 6.07) is 12.9. The van der Waals surface area contributed by atoms with E-state index in [9.17, 15) is 13.2 Å². The molecule has 1 heterocycles.